The van der Waals surface area contributed by atoms with Gasteiger partial charge in [0, 0.05) is 30.3 Å². The van der Waals surface area contributed by atoms with Crippen LogP contribution in [0.5, 0.6) is 0 Å². The smallest absolute Gasteiger partial charge is 0.271 e. The Morgan fingerprint density at radius 1 is 1.26 bits per heavy atom. The average molecular weight is 386 g/mol. The summed E-state index contributed by atoms with van der Waals surface area (Å²) in [6.45, 7) is 9.78. The second-order valence-corrected chi connectivity index (χ2v) is 9.04. The Bertz CT molecular complexity index is 1060. The molecule has 0 atom stereocenters. The zero-order valence-electron chi connectivity index (χ0n) is 16.6. The fraction of sp³-hybridized carbons (Fsp3) is 0.571. The minimum atomic E-state index is -0.191. The third-order valence-electron chi connectivity index (χ3n) is 5.24. The lowest BCUT2D eigenvalue weighted by Crippen LogP contribution is -2.32. The van der Waals surface area contributed by atoms with Crippen LogP contribution in [-0.2, 0) is 30.7 Å². The molecule has 0 saturated carbocycles. The van der Waals surface area contributed by atoms with Crippen LogP contribution in [0.15, 0.2) is 10.9 Å². The molecule has 27 heavy (non-hydrogen) atoms. The van der Waals surface area contributed by atoms with Gasteiger partial charge in [0.25, 0.3) is 5.56 Å². The molecule has 6 heteroatoms. The molecule has 5 nitrogen and oxygen atoms in total. The number of pyridine rings is 1. The van der Waals surface area contributed by atoms with E-state index in [4.69, 9.17) is 14.7 Å². The number of rotatable bonds is 5. The molecule has 0 unspecified atom stereocenters. The van der Waals surface area contributed by atoms with Crippen LogP contribution >= 0.6 is 11.3 Å². The molecule has 0 spiro atoms. The van der Waals surface area contributed by atoms with Crippen molar-refractivity contribution in [1.29, 1.82) is 0 Å². The Morgan fingerprint density at radius 2 is 2.07 bits per heavy atom. The molecule has 0 N–H and O–H groups in total. The van der Waals surface area contributed by atoms with Gasteiger partial charge in [-0.25, -0.2) is 9.97 Å². The standard InChI is InChI=1S/C21H27N3O2S/c1-5-7-9-24-16(8-6-2)23-17-14-10-13-12-26-21(3,4)11-15(13)22-19(14)27-18(17)20(24)25/h10H,5-9,11-12H2,1-4H3. The lowest BCUT2D eigenvalue weighted by Gasteiger charge is -2.30. The van der Waals surface area contributed by atoms with Crippen molar-refractivity contribution in [2.45, 2.75) is 78.6 Å². The third-order valence-corrected chi connectivity index (χ3v) is 6.31. The van der Waals surface area contributed by atoms with Crippen molar-refractivity contribution in [1.82, 2.24) is 14.5 Å². The Labute approximate surface area is 163 Å². The number of nitrogens with zero attached hydrogens (tertiary/aromatic N) is 3. The first kappa shape index (κ1) is 18.6. The highest BCUT2D eigenvalue weighted by atomic mass is 32.1. The summed E-state index contributed by atoms with van der Waals surface area (Å²) in [5, 5.41) is 0.995. The SMILES string of the molecule is CCCCn1c(CCC)nc2c(sc3nc4c(cc32)COC(C)(C)C4)c1=O. The maximum atomic E-state index is 13.2. The van der Waals surface area contributed by atoms with Gasteiger partial charge in [0.1, 0.15) is 15.4 Å². The van der Waals surface area contributed by atoms with Gasteiger partial charge in [-0.05, 0) is 32.8 Å². The molecular formula is C21H27N3O2S. The Morgan fingerprint density at radius 3 is 2.81 bits per heavy atom. The van der Waals surface area contributed by atoms with Gasteiger partial charge in [-0.1, -0.05) is 20.3 Å². The van der Waals surface area contributed by atoms with E-state index < -0.39 is 0 Å². The first-order valence-corrected chi connectivity index (χ1v) is 10.7. The van der Waals surface area contributed by atoms with Crippen molar-refractivity contribution < 1.29 is 4.74 Å². The molecule has 0 amide bonds. The predicted molar refractivity (Wildman–Crippen MR) is 111 cm³/mol. The van der Waals surface area contributed by atoms with Gasteiger partial charge in [0.2, 0.25) is 0 Å². The van der Waals surface area contributed by atoms with Crippen molar-refractivity contribution in [3.8, 4) is 0 Å². The second-order valence-electron chi connectivity index (χ2n) is 8.04. The Hall–Kier alpha value is -1.79. The van der Waals surface area contributed by atoms with Gasteiger partial charge >= 0.3 is 0 Å². The number of hydrogen-bond donors (Lipinski definition) is 0. The summed E-state index contributed by atoms with van der Waals surface area (Å²) in [4.78, 5) is 24.0. The van der Waals surface area contributed by atoms with Gasteiger partial charge in [0.15, 0.2) is 0 Å². The highest BCUT2D eigenvalue weighted by molar-refractivity contribution is 7.25. The number of aryl methyl sites for hydroxylation is 1. The van der Waals surface area contributed by atoms with Crippen molar-refractivity contribution >= 4 is 31.8 Å². The van der Waals surface area contributed by atoms with Gasteiger partial charge < -0.3 is 4.74 Å². The average Bonchev–Trinajstić information content (AvgIpc) is 2.97. The van der Waals surface area contributed by atoms with E-state index in [9.17, 15) is 4.79 Å². The first-order valence-electron chi connectivity index (χ1n) is 9.92. The number of aromatic nitrogens is 3. The summed E-state index contributed by atoms with van der Waals surface area (Å²) in [6, 6.07) is 2.14. The number of thiophene rings is 1. The largest absolute Gasteiger partial charge is 0.370 e. The normalized spacial score (nSPS) is 16.1. The van der Waals surface area contributed by atoms with E-state index >= 15 is 0 Å². The molecule has 0 aromatic carbocycles. The van der Waals surface area contributed by atoms with Crippen LogP contribution in [0.2, 0.25) is 0 Å². The molecule has 144 valence electrons. The summed E-state index contributed by atoms with van der Waals surface area (Å²) < 4.78 is 8.57. The lowest BCUT2D eigenvalue weighted by molar-refractivity contribution is -0.0411. The molecule has 0 bridgehead atoms. The van der Waals surface area contributed by atoms with E-state index in [-0.39, 0.29) is 11.2 Å². The van der Waals surface area contributed by atoms with Crippen LogP contribution in [0.4, 0.5) is 0 Å². The number of unbranched alkanes of at least 4 members (excludes halogenated alkanes) is 1. The van der Waals surface area contributed by atoms with Crippen LogP contribution in [0.25, 0.3) is 20.4 Å². The molecule has 3 aromatic rings. The highest BCUT2D eigenvalue weighted by Gasteiger charge is 2.28. The van der Waals surface area contributed by atoms with Crippen molar-refractivity contribution in [3.05, 3.63) is 33.5 Å². The zero-order chi connectivity index (χ0) is 19.2. The molecule has 4 rings (SSSR count). The van der Waals surface area contributed by atoms with Crippen LogP contribution in [0.3, 0.4) is 0 Å². The zero-order valence-corrected chi connectivity index (χ0v) is 17.4. The molecule has 4 heterocycles. The van der Waals surface area contributed by atoms with Gasteiger partial charge in [-0.2, -0.15) is 0 Å². The summed E-state index contributed by atoms with van der Waals surface area (Å²) in [7, 11) is 0. The second kappa shape index (κ2) is 6.99. The molecule has 3 aromatic heterocycles. The van der Waals surface area contributed by atoms with Crippen LogP contribution < -0.4 is 5.56 Å². The Balaban J connectivity index is 1.93. The van der Waals surface area contributed by atoms with Gasteiger partial charge in [-0.15, -0.1) is 11.3 Å². The van der Waals surface area contributed by atoms with E-state index in [1.165, 1.54) is 11.3 Å². The number of fused-ring (bicyclic) bond motifs is 4. The highest BCUT2D eigenvalue weighted by Crippen LogP contribution is 2.34. The van der Waals surface area contributed by atoms with Crippen molar-refractivity contribution in [2.75, 3.05) is 0 Å². The van der Waals surface area contributed by atoms with Crippen LogP contribution in [-0.4, -0.2) is 20.1 Å². The van der Waals surface area contributed by atoms with Gasteiger partial charge in [0.05, 0.1) is 23.4 Å². The monoisotopic (exact) mass is 385 g/mol. The minimum Gasteiger partial charge on any atom is -0.370 e. The lowest BCUT2D eigenvalue weighted by atomic mass is 9.95. The fourth-order valence-corrected chi connectivity index (χ4v) is 4.81. The van der Waals surface area contributed by atoms with E-state index in [0.29, 0.717) is 6.61 Å². The molecule has 0 radical (unpaired) electrons. The first-order chi connectivity index (χ1) is 12.9. The van der Waals surface area contributed by atoms with Crippen LogP contribution in [0, 0.1) is 0 Å². The van der Waals surface area contributed by atoms with Crippen LogP contribution in [0.1, 0.15) is 64.0 Å². The third kappa shape index (κ3) is 3.29. The number of ether oxygens (including phenoxy) is 1. The van der Waals surface area contributed by atoms with Crippen molar-refractivity contribution in [2.24, 2.45) is 0 Å². The summed E-state index contributed by atoms with van der Waals surface area (Å²) in [6.07, 6.45) is 4.65. The van der Waals surface area contributed by atoms with Gasteiger partial charge in [-0.3, -0.25) is 9.36 Å². The molecule has 1 aliphatic heterocycles. The van der Waals surface area contributed by atoms with E-state index in [0.717, 1.165) is 76.2 Å². The van der Waals surface area contributed by atoms with Crippen molar-refractivity contribution in [3.63, 3.8) is 0 Å². The van der Waals surface area contributed by atoms with E-state index in [2.05, 4.69) is 33.8 Å². The summed E-state index contributed by atoms with van der Waals surface area (Å²) in [5.74, 6) is 0.901. The minimum absolute atomic E-state index is 0.0921. The predicted octanol–water partition coefficient (Wildman–Crippen LogP) is 4.61. The molecule has 0 aliphatic carbocycles. The quantitative estimate of drug-likeness (QED) is 0.643. The maximum Gasteiger partial charge on any atom is 0.271 e. The summed E-state index contributed by atoms with van der Waals surface area (Å²) in [5.41, 5.74) is 2.93. The fourth-order valence-electron chi connectivity index (χ4n) is 3.74. The molecule has 0 fully saturated rings. The Kier molecular flexibility index (Phi) is 4.80. The summed E-state index contributed by atoms with van der Waals surface area (Å²) >= 11 is 1.49. The molecule has 0 saturated heterocycles. The molecular weight excluding hydrogens is 358 g/mol. The molecule has 1 aliphatic rings. The topological polar surface area (TPSA) is 57.0 Å². The number of hydrogen-bond acceptors (Lipinski definition) is 5. The van der Waals surface area contributed by atoms with E-state index in [1.54, 1.807) is 0 Å². The maximum absolute atomic E-state index is 13.2. The van der Waals surface area contributed by atoms with E-state index in [1.807, 2.05) is 4.57 Å².